The van der Waals surface area contributed by atoms with Crippen LogP contribution in [0.15, 0.2) is 17.2 Å². The highest BCUT2D eigenvalue weighted by Gasteiger charge is 2.25. The van der Waals surface area contributed by atoms with Gasteiger partial charge in [0.05, 0.1) is 5.56 Å². The van der Waals surface area contributed by atoms with Crippen LogP contribution in [0.1, 0.15) is 57.1 Å². The van der Waals surface area contributed by atoms with Gasteiger partial charge in [-0.25, -0.2) is 18.2 Å². The molecule has 34 heavy (non-hydrogen) atoms. The summed E-state index contributed by atoms with van der Waals surface area (Å²) in [5.41, 5.74) is -1.13. The molecule has 2 atom stereocenters. The highest BCUT2D eigenvalue weighted by atomic mass is 32.2. The van der Waals surface area contributed by atoms with Crippen LogP contribution in [0.2, 0.25) is 0 Å². The molecule has 1 aromatic heterocycles. The van der Waals surface area contributed by atoms with Crippen LogP contribution in [0.4, 0.5) is 0 Å². The highest BCUT2D eigenvalue weighted by molar-refractivity contribution is 7.90. The largest absolute Gasteiger partial charge is 0.458 e. The molecule has 12 nitrogen and oxygen atoms in total. The molecule has 0 aromatic carbocycles. The number of hydrogen-bond donors (Lipinski definition) is 3. The lowest BCUT2D eigenvalue weighted by molar-refractivity contribution is -0.158. The zero-order valence-corrected chi connectivity index (χ0v) is 20.7. The number of esters is 1. The van der Waals surface area contributed by atoms with E-state index in [4.69, 9.17) is 10.00 Å². The van der Waals surface area contributed by atoms with Crippen LogP contribution in [0, 0.1) is 11.3 Å². The van der Waals surface area contributed by atoms with Crippen molar-refractivity contribution in [3.8, 4) is 6.07 Å². The van der Waals surface area contributed by atoms with Gasteiger partial charge in [-0.1, -0.05) is 0 Å². The smallest absolute Gasteiger partial charge is 0.328 e. The van der Waals surface area contributed by atoms with Crippen molar-refractivity contribution in [3.05, 3.63) is 23.4 Å². The average Bonchev–Trinajstić information content (AvgIpc) is 2.71. The summed E-state index contributed by atoms with van der Waals surface area (Å²) in [6, 6.07) is 2.19. The summed E-state index contributed by atoms with van der Waals surface area (Å²) < 4.78 is 28.7. The van der Waals surface area contributed by atoms with Crippen LogP contribution in [0.5, 0.6) is 0 Å². The van der Waals surface area contributed by atoms with Crippen molar-refractivity contribution in [2.24, 2.45) is 0 Å². The van der Waals surface area contributed by atoms with Crippen LogP contribution in [0.3, 0.4) is 0 Å². The van der Waals surface area contributed by atoms with E-state index in [0.29, 0.717) is 0 Å². The van der Waals surface area contributed by atoms with E-state index in [0.717, 1.165) is 6.26 Å². The molecule has 13 heteroatoms. The van der Waals surface area contributed by atoms with E-state index < -0.39 is 56.2 Å². The monoisotopic (exact) mass is 495 g/mol. The minimum Gasteiger partial charge on any atom is -0.458 e. The average molecular weight is 496 g/mol. The predicted octanol–water partition coefficient (Wildman–Crippen LogP) is -0.172. The van der Waals surface area contributed by atoms with Crippen molar-refractivity contribution in [2.45, 2.75) is 63.8 Å². The van der Waals surface area contributed by atoms with Gasteiger partial charge in [-0.2, -0.15) is 5.26 Å². The fourth-order valence-electron chi connectivity index (χ4n) is 2.48. The Morgan fingerprint density at radius 3 is 2.26 bits per heavy atom. The third-order valence-corrected chi connectivity index (χ3v) is 5.11. The number of sulfone groups is 1. The van der Waals surface area contributed by atoms with Crippen molar-refractivity contribution >= 4 is 33.5 Å². The van der Waals surface area contributed by atoms with E-state index in [9.17, 15) is 27.6 Å². The first kappa shape index (κ1) is 28.5. The normalized spacial score (nSPS) is 13.1. The van der Waals surface area contributed by atoms with E-state index in [2.05, 4.69) is 20.9 Å². The van der Waals surface area contributed by atoms with Gasteiger partial charge < -0.3 is 20.7 Å². The quantitative estimate of drug-likeness (QED) is 0.391. The minimum atomic E-state index is -3.83. The van der Waals surface area contributed by atoms with E-state index >= 15 is 0 Å². The number of pyridine rings is 1. The van der Waals surface area contributed by atoms with Crippen molar-refractivity contribution in [3.63, 3.8) is 0 Å². The molecule has 0 fully saturated rings. The van der Waals surface area contributed by atoms with Crippen LogP contribution in [0.25, 0.3) is 0 Å². The second-order valence-corrected chi connectivity index (χ2v) is 10.4. The van der Waals surface area contributed by atoms with Crippen molar-refractivity contribution in [1.82, 2.24) is 20.9 Å². The molecule has 1 rings (SSSR count). The van der Waals surface area contributed by atoms with Gasteiger partial charge in [-0.05, 0) is 46.8 Å². The van der Waals surface area contributed by atoms with Crippen LogP contribution < -0.4 is 16.0 Å². The van der Waals surface area contributed by atoms with Gasteiger partial charge in [0.1, 0.15) is 29.4 Å². The van der Waals surface area contributed by atoms with Crippen LogP contribution in [-0.4, -0.2) is 67.6 Å². The number of amides is 3. The number of nitrogens with one attached hydrogen (secondary N) is 3. The lowest BCUT2D eigenvalue weighted by atomic mass is 10.2. The Labute approximate surface area is 198 Å². The second-order valence-electron chi connectivity index (χ2n) is 8.49. The molecule has 0 saturated carbocycles. The van der Waals surface area contributed by atoms with Crippen molar-refractivity contribution in [1.29, 1.82) is 5.26 Å². The molecule has 0 bridgehead atoms. The number of nitriles is 1. The van der Waals surface area contributed by atoms with Crippen LogP contribution in [-0.2, 0) is 29.0 Å². The molecule has 0 unspecified atom stereocenters. The van der Waals surface area contributed by atoms with Gasteiger partial charge in [0.25, 0.3) is 5.91 Å². The predicted molar refractivity (Wildman–Crippen MR) is 120 cm³/mol. The molecule has 1 aromatic rings. The maximum atomic E-state index is 12.2. The van der Waals surface area contributed by atoms with Crippen molar-refractivity contribution in [2.75, 3.05) is 12.8 Å². The minimum absolute atomic E-state index is 0.122. The maximum Gasteiger partial charge on any atom is 0.328 e. The molecule has 3 amide bonds. The molecule has 0 aliphatic rings. The molecule has 0 saturated heterocycles. The Bertz CT molecular complexity index is 1100. The number of hydrogen-bond acceptors (Lipinski definition) is 9. The number of nitrogens with zero attached hydrogens (tertiary/aromatic N) is 2. The van der Waals surface area contributed by atoms with Crippen LogP contribution >= 0.6 is 0 Å². The standard InChI is InChI=1S/C21H29N5O7S/c1-12(17(28)25-13(2)20(30)33-21(3,4)5)24-16(27)9-10-23-18(29)15-8-7-14(11-22)19(26-15)34(6,31)32/h7-8,12-13H,9-10H2,1-6H3,(H,23,29)(H,24,27)(H,25,28)/t12-,13-/m0/s1. The first-order valence-electron chi connectivity index (χ1n) is 10.3. The molecule has 0 radical (unpaired) electrons. The van der Waals surface area contributed by atoms with E-state index in [1.165, 1.54) is 26.0 Å². The Morgan fingerprint density at radius 1 is 1.12 bits per heavy atom. The fourth-order valence-corrected chi connectivity index (χ4v) is 3.26. The molecule has 0 aliphatic carbocycles. The maximum absolute atomic E-state index is 12.2. The third kappa shape index (κ3) is 9.14. The Balaban J connectivity index is 2.57. The van der Waals surface area contributed by atoms with Gasteiger partial charge >= 0.3 is 5.97 Å². The highest BCUT2D eigenvalue weighted by Crippen LogP contribution is 2.13. The summed E-state index contributed by atoms with van der Waals surface area (Å²) in [7, 11) is -3.83. The Morgan fingerprint density at radius 2 is 1.74 bits per heavy atom. The molecular formula is C21H29N5O7S. The lowest BCUT2D eigenvalue weighted by Crippen LogP contribution is -2.50. The van der Waals surface area contributed by atoms with Gasteiger partial charge in [0.15, 0.2) is 14.9 Å². The van der Waals surface area contributed by atoms with Gasteiger partial charge in [0.2, 0.25) is 11.8 Å². The summed E-state index contributed by atoms with van der Waals surface area (Å²) in [6.07, 6.45) is 0.688. The summed E-state index contributed by atoms with van der Waals surface area (Å²) in [4.78, 5) is 52.2. The van der Waals surface area contributed by atoms with E-state index in [-0.39, 0.29) is 24.2 Å². The molecule has 0 spiro atoms. The van der Waals surface area contributed by atoms with Gasteiger partial charge in [-0.15, -0.1) is 0 Å². The molecule has 3 N–H and O–H groups in total. The Hall–Kier alpha value is -3.53. The van der Waals surface area contributed by atoms with E-state index in [1.54, 1.807) is 26.8 Å². The van der Waals surface area contributed by atoms with Gasteiger partial charge in [0, 0.05) is 19.2 Å². The summed E-state index contributed by atoms with van der Waals surface area (Å²) in [5, 5.41) is 15.8. The number of ether oxygens (including phenoxy) is 1. The second kappa shape index (κ2) is 11.6. The third-order valence-electron chi connectivity index (χ3n) is 4.09. The first-order chi connectivity index (χ1) is 15.5. The summed E-state index contributed by atoms with van der Waals surface area (Å²) in [6.45, 7) is 7.86. The number of aromatic nitrogens is 1. The summed E-state index contributed by atoms with van der Waals surface area (Å²) >= 11 is 0. The summed E-state index contributed by atoms with van der Waals surface area (Å²) in [5.74, 6) is -2.49. The lowest BCUT2D eigenvalue weighted by Gasteiger charge is -2.23. The van der Waals surface area contributed by atoms with Gasteiger partial charge in [-0.3, -0.25) is 14.4 Å². The fraction of sp³-hybridized carbons (Fsp3) is 0.524. The molecule has 0 aliphatic heterocycles. The zero-order chi connectivity index (χ0) is 26.3. The number of carbonyl (C=O) groups is 4. The molecule has 1 heterocycles. The molecular weight excluding hydrogens is 466 g/mol. The number of rotatable bonds is 9. The number of carbonyl (C=O) groups excluding carboxylic acids is 4. The van der Waals surface area contributed by atoms with Crippen molar-refractivity contribution < 1.29 is 32.3 Å². The Kier molecular flexibility index (Phi) is 9.69. The zero-order valence-electron chi connectivity index (χ0n) is 19.9. The SMILES string of the molecule is C[C@H](NC(=O)CCNC(=O)c1ccc(C#N)c(S(C)(=O)=O)n1)C(=O)N[C@@H](C)C(=O)OC(C)(C)C. The molecule has 186 valence electrons. The topological polar surface area (TPSA) is 184 Å². The van der Waals surface area contributed by atoms with E-state index in [1.807, 2.05) is 0 Å². The first-order valence-corrected chi connectivity index (χ1v) is 12.2.